The molecule has 0 fully saturated rings. The van der Waals surface area contributed by atoms with E-state index >= 15 is 0 Å². The van der Waals surface area contributed by atoms with Crippen molar-refractivity contribution in [3.8, 4) is 0 Å². The zero-order chi connectivity index (χ0) is 15.5. The second-order valence-electron chi connectivity index (χ2n) is 5.65. The maximum atomic E-state index is 12.2. The molecule has 5 nitrogen and oxygen atoms in total. The van der Waals surface area contributed by atoms with E-state index in [-0.39, 0.29) is 18.4 Å². The van der Waals surface area contributed by atoms with Crippen molar-refractivity contribution in [3.05, 3.63) is 10.6 Å². The summed E-state index contributed by atoms with van der Waals surface area (Å²) in [6.45, 7) is 7.83. The second kappa shape index (κ2) is 6.54. The fourth-order valence-electron chi connectivity index (χ4n) is 1.74. The van der Waals surface area contributed by atoms with Gasteiger partial charge in [0.1, 0.15) is 4.88 Å². The van der Waals surface area contributed by atoms with Crippen molar-refractivity contribution in [3.63, 3.8) is 0 Å². The number of hydrogen-bond acceptors (Lipinski definition) is 5. The van der Waals surface area contributed by atoms with Gasteiger partial charge < -0.3 is 15.3 Å². The third kappa shape index (κ3) is 3.93. The van der Waals surface area contributed by atoms with E-state index in [9.17, 15) is 9.90 Å². The Balaban J connectivity index is 2.73. The van der Waals surface area contributed by atoms with Crippen molar-refractivity contribution in [2.45, 2.75) is 39.7 Å². The highest BCUT2D eigenvalue weighted by atomic mass is 32.1. The van der Waals surface area contributed by atoms with Crippen molar-refractivity contribution in [2.24, 2.45) is 5.92 Å². The van der Waals surface area contributed by atoms with Gasteiger partial charge in [0.15, 0.2) is 5.13 Å². The molecule has 2 unspecified atom stereocenters. The van der Waals surface area contributed by atoms with Gasteiger partial charge in [-0.2, -0.15) is 0 Å². The van der Waals surface area contributed by atoms with Crippen LogP contribution in [0.1, 0.15) is 42.6 Å². The predicted molar refractivity (Wildman–Crippen MR) is 83.6 cm³/mol. The third-order valence-electron chi connectivity index (χ3n) is 3.65. The van der Waals surface area contributed by atoms with Crippen LogP contribution in [0.15, 0.2) is 0 Å². The molecular weight excluding hydrogens is 274 g/mol. The lowest BCUT2D eigenvalue weighted by Crippen LogP contribution is -2.45. The van der Waals surface area contributed by atoms with E-state index in [1.807, 2.05) is 39.8 Å². The molecule has 1 rings (SSSR count). The first kappa shape index (κ1) is 16.9. The number of nitrogens with zero attached hydrogens (tertiary/aromatic N) is 2. The molecule has 20 heavy (non-hydrogen) atoms. The second-order valence-corrected chi connectivity index (χ2v) is 6.63. The minimum absolute atomic E-state index is 0.127. The summed E-state index contributed by atoms with van der Waals surface area (Å²) in [5, 5.41) is 13.9. The first-order valence-electron chi connectivity index (χ1n) is 6.84. The van der Waals surface area contributed by atoms with Crippen LogP contribution < -0.4 is 10.2 Å². The molecule has 1 aromatic rings. The number of aliphatic hydroxyl groups is 1. The van der Waals surface area contributed by atoms with E-state index in [2.05, 4.69) is 10.3 Å². The monoisotopic (exact) mass is 299 g/mol. The topological polar surface area (TPSA) is 65.5 Å². The minimum atomic E-state index is -0.895. The van der Waals surface area contributed by atoms with E-state index < -0.39 is 5.60 Å². The fraction of sp³-hybridized carbons (Fsp3) is 0.714. The molecule has 0 aromatic carbocycles. The molecule has 0 bridgehead atoms. The normalized spacial score (nSPS) is 15.6. The van der Waals surface area contributed by atoms with Crippen molar-refractivity contribution in [1.82, 2.24) is 10.3 Å². The Labute approximate surface area is 125 Å². The van der Waals surface area contributed by atoms with Crippen LogP contribution in [0, 0.1) is 12.8 Å². The molecule has 2 N–H and O–H groups in total. The molecule has 1 aromatic heterocycles. The van der Waals surface area contributed by atoms with Gasteiger partial charge in [0, 0.05) is 20.6 Å². The third-order valence-corrected chi connectivity index (χ3v) is 4.98. The lowest BCUT2D eigenvalue weighted by molar-refractivity contribution is 0.00595. The maximum Gasteiger partial charge on any atom is 0.263 e. The van der Waals surface area contributed by atoms with Crippen molar-refractivity contribution >= 4 is 22.4 Å². The number of amides is 1. The van der Waals surface area contributed by atoms with Gasteiger partial charge in [-0.1, -0.05) is 31.6 Å². The number of thiazole rings is 1. The minimum Gasteiger partial charge on any atom is -0.388 e. The highest BCUT2D eigenvalue weighted by Gasteiger charge is 2.28. The molecular formula is C14H25N3O2S. The van der Waals surface area contributed by atoms with Gasteiger partial charge in [-0.3, -0.25) is 4.79 Å². The van der Waals surface area contributed by atoms with Crippen molar-refractivity contribution in [2.75, 3.05) is 25.5 Å². The van der Waals surface area contributed by atoms with E-state index in [1.165, 1.54) is 11.3 Å². The molecule has 0 spiro atoms. The largest absolute Gasteiger partial charge is 0.388 e. The van der Waals surface area contributed by atoms with Crippen LogP contribution in [0.25, 0.3) is 0 Å². The smallest absolute Gasteiger partial charge is 0.263 e. The lowest BCUT2D eigenvalue weighted by Gasteiger charge is -2.29. The van der Waals surface area contributed by atoms with Crippen LogP contribution in [0.4, 0.5) is 5.13 Å². The lowest BCUT2D eigenvalue weighted by atomic mass is 9.88. The Hall–Kier alpha value is -1.14. The Kier molecular flexibility index (Phi) is 5.53. The predicted octanol–water partition coefficient (Wildman–Crippen LogP) is 2.04. The Morgan fingerprint density at radius 3 is 2.60 bits per heavy atom. The maximum absolute atomic E-state index is 12.2. The number of rotatable bonds is 6. The first-order chi connectivity index (χ1) is 9.19. The molecule has 1 amide bonds. The molecule has 114 valence electrons. The summed E-state index contributed by atoms with van der Waals surface area (Å²) in [5.41, 5.74) is -0.174. The Morgan fingerprint density at radius 2 is 2.15 bits per heavy atom. The van der Waals surface area contributed by atoms with Crippen LogP contribution in [-0.4, -0.2) is 42.2 Å². The van der Waals surface area contributed by atoms with Gasteiger partial charge in [-0.15, -0.1) is 0 Å². The number of aryl methyl sites for hydroxylation is 1. The highest BCUT2D eigenvalue weighted by molar-refractivity contribution is 7.17. The van der Waals surface area contributed by atoms with Gasteiger partial charge >= 0.3 is 0 Å². The quantitative estimate of drug-likeness (QED) is 0.843. The summed E-state index contributed by atoms with van der Waals surface area (Å²) in [6, 6.07) is 0. The SMILES string of the molecule is CCC(C)C(C)(O)CNC(=O)c1sc(N(C)C)nc1C. The average molecular weight is 299 g/mol. The van der Waals surface area contributed by atoms with Gasteiger partial charge in [0.05, 0.1) is 11.3 Å². The van der Waals surface area contributed by atoms with Gasteiger partial charge in [-0.25, -0.2) is 4.98 Å². The van der Waals surface area contributed by atoms with Gasteiger partial charge in [0.25, 0.3) is 5.91 Å². The number of carbonyl (C=O) groups excluding carboxylic acids is 1. The molecule has 6 heteroatoms. The van der Waals surface area contributed by atoms with E-state index in [0.29, 0.717) is 4.88 Å². The zero-order valence-electron chi connectivity index (χ0n) is 13.1. The molecule has 0 saturated heterocycles. The Morgan fingerprint density at radius 1 is 1.55 bits per heavy atom. The van der Waals surface area contributed by atoms with E-state index in [0.717, 1.165) is 17.2 Å². The van der Waals surface area contributed by atoms with Crippen LogP contribution in [0.3, 0.4) is 0 Å². The van der Waals surface area contributed by atoms with Crippen LogP contribution in [0.5, 0.6) is 0 Å². The van der Waals surface area contributed by atoms with Gasteiger partial charge in [0.2, 0.25) is 0 Å². The first-order valence-corrected chi connectivity index (χ1v) is 7.66. The molecule has 0 radical (unpaired) electrons. The number of hydrogen-bond donors (Lipinski definition) is 2. The molecule has 0 aliphatic heterocycles. The summed E-state index contributed by atoms with van der Waals surface area (Å²) in [7, 11) is 3.79. The molecule has 1 heterocycles. The van der Waals surface area contributed by atoms with E-state index in [4.69, 9.17) is 0 Å². The highest BCUT2D eigenvalue weighted by Crippen LogP contribution is 2.25. The summed E-state index contributed by atoms with van der Waals surface area (Å²) >= 11 is 1.36. The zero-order valence-corrected chi connectivity index (χ0v) is 14.0. The average Bonchev–Trinajstić information content (AvgIpc) is 2.77. The molecule has 2 atom stereocenters. The van der Waals surface area contributed by atoms with Crippen molar-refractivity contribution in [1.29, 1.82) is 0 Å². The number of carbonyl (C=O) groups is 1. The summed E-state index contributed by atoms with van der Waals surface area (Å²) in [6.07, 6.45) is 0.868. The van der Waals surface area contributed by atoms with Crippen LogP contribution >= 0.6 is 11.3 Å². The molecule has 0 aliphatic rings. The van der Waals surface area contributed by atoms with Crippen LogP contribution in [0.2, 0.25) is 0 Å². The molecule has 0 aliphatic carbocycles. The standard InChI is InChI=1S/C14H25N3O2S/c1-7-9(2)14(4,19)8-15-12(18)11-10(3)16-13(20-11)17(5)6/h9,19H,7-8H2,1-6H3,(H,15,18). The van der Waals surface area contributed by atoms with Crippen molar-refractivity contribution < 1.29 is 9.90 Å². The number of anilines is 1. The summed E-state index contributed by atoms with van der Waals surface area (Å²) < 4.78 is 0. The number of nitrogens with one attached hydrogen (secondary N) is 1. The summed E-state index contributed by atoms with van der Waals surface area (Å²) in [4.78, 5) is 19.0. The van der Waals surface area contributed by atoms with Gasteiger partial charge in [-0.05, 0) is 19.8 Å². The number of aromatic nitrogens is 1. The molecule has 0 saturated carbocycles. The summed E-state index contributed by atoms with van der Waals surface area (Å²) in [5.74, 6) is -0.0422. The Bertz CT molecular complexity index is 469. The van der Waals surface area contributed by atoms with E-state index in [1.54, 1.807) is 6.92 Å². The fourth-order valence-corrected chi connectivity index (χ4v) is 2.64. The van der Waals surface area contributed by atoms with Crippen LogP contribution in [-0.2, 0) is 0 Å².